The first kappa shape index (κ1) is 13.8. The van der Waals surface area contributed by atoms with Crippen molar-refractivity contribution in [3.63, 3.8) is 0 Å². The molecule has 2 aromatic rings. The minimum absolute atomic E-state index is 0.243. The molecule has 1 heteroatoms. The minimum Gasteiger partial charge on any atom is -0.295 e. The zero-order valence-corrected chi connectivity index (χ0v) is 12.4. The molecule has 0 radical (unpaired) electrons. The topological polar surface area (TPSA) is 17.1 Å². The van der Waals surface area contributed by atoms with Gasteiger partial charge in [-0.15, -0.1) is 0 Å². The number of aryl methyl sites for hydroxylation is 1. The van der Waals surface area contributed by atoms with Gasteiger partial charge in [-0.25, -0.2) is 0 Å². The Bertz CT molecular complexity index is 650. The van der Waals surface area contributed by atoms with Gasteiger partial charge < -0.3 is 0 Å². The number of carbonyl (C=O) groups excluding carboxylic acids is 1. The van der Waals surface area contributed by atoms with Crippen LogP contribution >= 0.6 is 0 Å². The van der Waals surface area contributed by atoms with Crippen molar-refractivity contribution in [1.82, 2.24) is 0 Å². The maximum Gasteiger partial charge on any atom is 0.159 e. The maximum atomic E-state index is 12.4. The van der Waals surface area contributed by atoms with E-state index in [-0.39, 0.29) is 5.92 Å². The fraction of sp³-hybridized carbons (Fsp3) is 0.250. The molecule has 0 aliphatic heterocycles. The molecule has 0 amide bonds. The van der Waals surface area contributed by atoms with Crippen molar-refractivity contribution in [1.29, 1.82) is 0 Å². The van der Waals surface area contributed by atoms with Crippen LogP contribution in [0.4, 0.5) is 0 Å². The Labute approximate surface area is 126 Å². The van der Waals surface area contributed by atoms with E-state index < -0.39 is 0 Å². The summed E-state index contributed by atoms with van der Waals surface area (Å²) in [5.41, 5.74) is 4.60. The van der Waals surface area contributed by atoms with Gasteiger partial charge in [0, 0.05) is 17.9 Å². The van der Waals surface area contributed by atoms with Crippen LogP contribution in [0.5, 0.6) is 0 Å². The summed E-state index contributed by atoms with van der Waals surface area (Å²) >= 11 is 0. The van der Waals surface area contributed by atoms with Crippen LogP contribution in [0.3, 0.4) is 0 Å². The van der Waals surface area contributed by atoms with Crippen molar-refractivity contribution in [3.8, 4) is 0 Å². The van der Waals surface area contributed by atoms with Gasteiger partial charge in [0.2, 0.25) is 0 Å². The predicted molar refractivity (Wildman–Crippen MR) is 87.2 cm³/mol. The summed E-state index contributed by atoms with van der Waals surface area (Å²) in [4.78, 5) is 12.4. The molecule has 0 N–H and O–H groups in total. The van der Waals surface area contributed by atoms with Gasteiger partial charge in [0.05, 0.1) is 0 Å². The van der Waals surface area contributed by atoms with Gasteiger partial charge in [-0.05, 0) is 37.0 Å². The molecule has 0 saturated heterocycles. The average molecular weight is 276 g/mol. The van der Waals surface area contributed by atoms with Gasteiger partial charge in [-0.2, -0.15) is 0 Å². The number of allylic oxidation sites excluding steroid dienone is 1. The quantitative estimate of drug-likeness (QED) is 0.712. The lowest BCUT2D eigenvalue weighted by atomic mass is 9.78. The summed E-state index contributed by atoms with van der Waals surface area (Å²) in [6.45, 7) is 2.09. The van der Waals surface area contributed by atoms with Crippen LogP contribution in [0.1, 0.15) is 41.9 Å². The molecule has 3 rings (SSSR count). The van der Waals surface area contributed by atoms with Gasteiger partial charge in [-0.3, -0.25) is 4.79 Å². The fourth-order valence-electron chi connectivity index (χ4n) is 3.02. The summed E-state index contributed by atoms with van der Waals surface area (Å²) in [7, 11) is 0. The molecule has 1 nitrogen and oxygen atoms in total. The largest absolute Gasteiger partial charge is 0.295 e. The Morgan fingerprint density at radius 3 is 2.43 bits per heavy atom. The molecule has 0 aromatic heterocycles. The highest BCUT2D eigenvalue weighted by Gasteiger charge is 2.26. The van der Waals surface area contributed by atoms with Gasteiger partial charge in [-0.1, -0.05) is 60.2 Å². The Morgan fingerprint density at radius 2 is 1.71 bits per heavy atom. The van der Waals surface area contributed by atoms with E-state index in [0.29, 0.717) is 12.2 Å². The lowest BCUT2D eigenvalue weighted by molar-refractivity contribution is -0.116. The number of Topliss-reactive ketones (excluding diaryl/α,β-unsaturated/α-hetero) is 1. The third-order valence-corrected chi connectivity index (χ3v) is 4.20. The summed E-state index contributed by atoms with van der Waals surface area (Å²) in [6, 6.07) is 18.7. The first-order valence-electron chi connectivity index (χ1n) is 7.60. The second-order valence-corrected chi connectivity index (χ2v) is 5.79. The van der Waals surface area contributed by atoms with Crippen molar-refractivity contribution in [3.05, 3.63) is 76.9 Å². The third kappa shape index (κ3) is 3.13. The van der Waals surface area contributed by atoms with Crippen molar-refractivity contribution in [2.75, 3.05) is 0 Å². The first-order valence-corrected chi connectivity index (χ1v) is 7.60. The summed E-state index contributed by atoms with van der Waals surface area (Å²) < 4.78 is 0. The molecular formula is C20H20O. The fourth-order valence-corrected chi connectivity index (χ4v) is 3.02. The second kappa shape index (κ2) is 6.09. The highest BCUT2D eigenvalue weighted by molar-refractivity contribution is 6.01. The number of carbonyl (C=O) groups is 1. The molecule has 1 aliphatic carbocycles. The summed E-state index contributed by atoms with van der Waals surface area (Å²) in [5.74, 6) is 0.544. The number of hydrogen-bond acceptors (Lipinski definition) is 1. The molecular weight excluding hydrogens is 256 g/mol. The molecule has 0 heterocycles. The van der Waals surface area contributed by atoms with Crippen LogP contribution in [-0.2, 0) is 4.79 Å². The molecule has 1 fully saturated rings. The van der Waals surface area contributed by atoms with Gasteiger partial charge >= 0.3 is 0 Å². The average Bonchev–Trinajstić information content (AvgIpc) is 2.51. The van der Waals surface area contributed by atoms with Crippen LogP contribution < -0.4 is 0 Å². The van der Waals surface area contributed by atoms with E-state index in [2.05, 4.69) is 49.4 Å². The molecule has 1 saturated carbocycles. The number of benzene rings is 2. The Hall–Kier alpha value is -2.15. The molecule has 1 aliphatic rings. The highest BCUT2D eigenvalue weighted by Crippen LogP contribution is 2.36. The van der Waals surface area contributed by atoms with E-state index >= 15 is 0 Å². The van der Waals surface area contributed by atoms with Crippen LogP contribution in [0, 0.1) is 6.92 Å². The lowest BCUT2D eigenvalue weighted by Crippen LogP contribution is -2.17. The van der Waals surface area contributed by atoms with E-state index in [1.165, 1.54) is 11.1 Å². The Morgan fingerprint density at radius 1 is 1.00 bits per heavy atom. The van der Waals surface area contributed by atoms with Crippen LogP contribution in [-0.4, -0.2) is 5.78 Å². The standard InChI is InChI=1S/C20H20O/c1-15-10-12-17(13-11-15)18-8-5-9-20(21)19(18)14-16-6-3-2-4-7-16/h2-4,6-7,10-14,18H,5,8-9H2,1H3/b19-14+. The van der Waals surface area contributed by atoms with Crippen LogP contribution in [0.2, 0.25) is 0 Å². The number of ketones is 1. The van der Waals surface area contributed by atoms with E-state index in [1.807, 2.05) is 18.2 Å². The molecule has 106 valence electrons. The SMILES string of the molecule is Cc1ccc(C2CCCC(=O)/C2=C/c2ccccc2)cc1. The lowest BCUT2D eigenvalue weighted by Gasteiger charge is -2.25. The van der Waals surface area contributed by atoms with Crippen LogP contribution in [0.25, 0.3) is 6.08 Å². The van der Waals surface area contributed by atoms with Gasteiger partial charge in [0.25, 0.3) is 0 Å². The molecule has 21 heavy (non-hydrogen) atoms. The van der Waals surface area contributed by atoms with E-state index in [4.69, 9.17) is 0 Å². The number of hydrogen-bond donors (Lipinski definition) is 0. The van der Waals surface area contributed by atoms with Crippen molar-refractivity contribution < 1.29 is 4.79 Å². The normalized spacial score (nSPS) is 20.7. The van der Waals surface area contributed by atoms with Gasteiger partial charge in [0.1, 0.15) is 0 Å². The molecule has 1 unspecified atom stereocenters. The van der Waals surface area contributed by atoms with Crippen molar-refractivity contribution >= 4 is 11.9 Å². The predicted octanol–water partition coefficient (Wildman–Crippen LogP) is 4.92. The zero-order chi connectivity index (χ0) is 14.7. The number of rotatable bonds is 2. The highest BCUT2D eigenvalue weighted by atomic mass is 16.1. The molecule has 0 bridgehead atoms. The summed E-state index contributed by atoms with van der Waals surface area (Å²) in [6.07, 6.45) is 4.81. The minimum atomic E-state index is 0.243. The Kier molecular flexibility index (Phi) is 4.01. The van der Waals surface area contributed by atoms with E-state index in [0.717, 1.165) is 24.0 Å². The first-order chi connectivity index (χ1) is 10.2. The third-order valence-electron chi connectivity index (χ3n) is 4.20. The summed E-state index contributed by atoms with van der Waals surface area (Å²) in [5, 5.41) is 0. The van der Waals surface area contributed by atoms with Crippen molar-refractivity contribution in [2.45, 2.75) is 32.1 Å². The van der Waals surface area contributed by atoms with Crippen LogP contribution in [0.15, 0.2) is 60.2 Å². The molecule has 0 spiro atoms. The molecule has 1 atom stereocenters. The maximum absolute atomic E-state index is 12.4. The second-order valence-electron chi connectivity index (χ2n) is 5.79. The smallest absolute Gasteiger partial charge is 0.159 e. The zero-order valence-electron chi connectivity index (χ0n) is 12.4. The Balaban J connectivity index is 1.99. The van der Waals surface area contributed by atoms with Gasteiger partial charge in [0.15, 0.2) is 5.78 Å². The van der Waals surface area contributed by atoms with E-state index in [9.17, 15) is 4.79 Å². The van der Waals surface area contributed by atoms with Crippen molar-refractivity contribution in [2.24, 2.45) is 0 Å². The van der Waals surface area contributed by atoms with E-state index in [1.54, 1.807) is 0 Å². The monoisotopic (exact) mass is 276 g/mol. The molecule has 2 aromatic carbocycles.